The van der Waals surface area contributed by atoms with Gasteiger partial charge in [-0.2, -0.15) is 10.2 Å². The highest BCUT2D eigenvalue weighted by atomic mass is 16.5. The van der Waals surface area contributed by atoms with E-state index in [1.807, 2.05) is 48.5 Å². The molecular formula is C24H18N4O3. The van der Waals surface area contributed by atoms with Crippen molar-refractivity contribution in [2.75, 3.05) is 5.32 Å². The lowest BCUT2D eigenvalue weighted by Gasteiger charge is -2.08. The summed E-state index contributed by atoms with van der Waals surface area (Å²) in [4.78, 5) is 16.7. The molecule has 0 aliphatic rings. The Labute approximate surface area is 178 Å². The van der Waals surface area contributed by atoms with Gasteiger partial charge in [0.25, 0.3) is 5.91 Å². The Morgan fingerprint density at radius 3 is 2.65 bits per heavy atom. The third-order valence-electron chi connectivity index (χ3n) is 4.53. The second kappa shape index (κ2) is 8.93. The second-order valence-electron chi connectivity index (χ2n) is 6.74. The molecule has 0 unspecified atom stereocenters. The number of nitriles is 1. The Balaban J connectivity index is 1.46. The number of aromatic nitrogens is 2. The Bertz CT molecular complexity index is 1300. The predicted octanol–water partition coefficient (Wildman–Crippen LogP) is 4.66. The first-order chi connectivity index (χ1) is 15.1. The number of hydrogen-bond acceptors (Lipinski definition) is 6. The van der Waals surface area contributed by atoms with Gasteiger partial charge in [-0.3, -0.25) is 4.79 Å². The topological polar surface area (TPSA) is 101 Å². The molecule has 1 N–H and O–H groups in total. The van der Waals surface area contributed by atoms with E-state index in [2.05, 4.69) is 15.5 Å². The van der Waals surface area contributed by atoms with E-state index in [1.54, 1.807) is 31.2 Å². The number of rotatable bonds is 6. The lowest BCUT2D eigenvalue weighted by molar-refractivity contribution is -0.112. The quantitative estimate of drug-likeness (QED) is 0.367. The van der Waals surface area contributed by atoms with Crippen LogP contribution in [0.25, 0.3) is 16.8 Å². The molecule has 1 heterocycles. The van der Waals surface area contributed by atoms with Crippen LogP contribution in [0.4, 0.5) is 5.69 Å². The fourth-order valence-electron chi connectivity index (χ4n) is 3.05. The zero-order chi connectivity index (χ0) is 21.6. The van der Waals surface area contributed by atoms with Crippen molar-refractivity contribution in [3.05, 3.63) is 89.6 Å². The molecule has 3 aromatic carbocycles. The Hall–Kier alpha value is -4.44. The number of carbonyl (C=O) groups excluding carboxylic acids is 1. The summed E-state index contributed by atoms with van der Waals surface area (Å²) in [7, 11) is 0. The molecule has 7 nitrogen and oxygen atoms in total. The van der Waals surface area contributed by atoms with Crippen LogP contribution in [-0.2, 0) is 11.4 Å². The smallest absolute Gasteiger partial charge is 0.266 e. The highest BCUT2D eigenvalue weighted by Crippen LogP contribution is 2.24. The number of nitrogens with zero attached hydrogens (tertiary/aromatic N) is 3. The molecule has 152 valence electrons. The Kier molecular flexibility index (Phi) is 5.72. The van der Waals surface area contributed by atoms with Crippen LogP contribution in [-0.4, -0.2) is 16.0 Å². The third kappa shape index (κ3) is 4.77. The van der Waals surface area contributed by atoms with Crippen molar-refractivity contribution in [3.63, 3.8) is 0 Å². The zero-order valence-corrected chi connectivity index (χ0v) is 16.7. The van der Waals surface area contributed by atoms with E-state index in [9.17, 15) is 10.1 Å². The predicted molar refractivity (Wildman–Crippen MR) is 116 cm³/mol. The Morgan fingerprint density at radius 1 is 1.13 bits per heavy atom. The lowest BCUT2D eigenvalue weighted by Crippen LogP contribution is -2.13. The van der Waals surface area contributed by atoms with Gasteiger partial charge in [0.2, 0.25) is 11.7 Å². The third-order valence-corrected chi connectivity index (χ3v) is 4.53. The van der Waals surface area contributed by atoms with Crippen LogP contribution in [0.15, 0.2) is 76.8 Å². The SMILES string of the molecule is Cc1nc(COc2ccc(/C=C(/C#N)C(=O)Nc3cccc4ccccc34)cc2)no1. The minimum Gasteiger partial charge on any atom is -0.485 e. The molecule has 0 atom stereocenters. The van der Waals surface area contributed by atoms with Crippen LogP contribution in [0, 0.1) is 18.3 Å². The first-order valence-corrected chi connectivity index (χ1v) is 9.55. The van der Waals surface area contributed by atoms with E-state index in [0.29, 0.717) is 28.7 Å². The highest BCUT2D eigenvalue weighted by Gasteiger charge is 2.11. The summed E-state index contributed by atoms with van der Waals surface area (Å²) < 4.78 is 10.5. The summed E-state index contributed by atoms with van der Waals surface area (Å²) in [6.45, 7) is 1.89. The maximum atomic E-state index is 12.7. The number of fused-ring (bicyclic) bond motifs is 1. The fourth-order valence-corrected chi connectivity index (χ4v) is 3.05. The first kappa shape index (κ1) is 19.9. The molecule has 4 aromatic rings. The molecule has 0 bridgehead atoms. The molecule has 0 radical (unpaired) electrons. The summed E-state index contributed by atoms with van der Waals surface area (Å²) in [5.41, 5.74) is 1.36. The van der Waals surface area contributed by atoms with Crippen molar-refractivity contribution >= 4 is 28.4 Å². The van der Waals surface area contributed by atoms with Crippen molar-refractivity contribution in [3.8, 4) is 11.8 Å². The van der Waals surface area contributed by atoms with Crippen LogP contribution in [0.5, 0.6) is 5.75 Å². The van der Waals surface area contributed by atoms with Crippen molar-refractivity contribution < 1.29 is 14.1 Å². The van der Waals surface area contributed by atoms with Crippen LogP contribution in [0.3, 0.4) is 0 Å². The van der Waals surface area contributed by atoms with E-state index >= 15 is 0 Å². The fraction of sp³-hybridized carbons (Fsp3) is 0.0833. The van der Waals surface area contributed by atoms with Crippen molar-refractivity contribution in [2.24, 2.45) is 0 Å². The van der Waals surface area contributed by atoms with Gasteiger partial charge in [-0.1, -0.05) is 53.7 Å². The summed E-state index contributed by atoms with van der Waals surface area (Å²) in [6.07, 6.45) is 1.53. The molecule has 31 heavy (non-hydrogen) atoms. The number of carbonyl (C=O) groups is 1. The average molecular weight is 410 g/mol. The van der Waals surface area contributed by atoms with Crippen LogP contribution < -0.4 is 10.1 Å². The number of amides is 1. The Morgan fingerprint density at radius 2 is 1.90 bits per heavy atom. The van der Waals surface area contributed by atoms with Gasteiger partial charge in [0.15, 0.2) is 6.61 Å². The van der Waals surface area contributed by atoms with Gasteiger partial charge >= 0.3 is 0 Å². The average Bonchev–Trinajstić information content (AvgIpc) is 3.22. The first-order valence-electron chi connectivity index (χ1n) is 9.55. The zero-order valence-electron chi connectivity index (χ0n) is 16.7. The molecule has 0 saturated carbocycles. The minimum absolute atomic E-state index is 0.00359. The van der Waals surface area contributed by atoms with Crippen molar-refractivity contribution in [2.45, 2.75) is 13.5 Å². The molecule has 0 aliphatic carbocycles. The maximum absolute atomic E-state index is 12.7. The molecule has 4 rings (SSSR count). The molecule has 1 amide bonds. The molecule has 0 aliphatic heterocycles. The molecule has 0 saturated heterocycles. The van der Waals surface area contributed by atoms with Gasteiger partial charge in [0.1, 0.15) is 17.4 Å². The standard InChI is InChI=1S/C24H18N4O3/c1-16-26-23(28-31-16)15-30-20-11-9-17(10-12-20)13-19(14-25)24(29)27-22-8-4-6-18-5-2-3-7-21(18)22/h2-13H,15H2,1H3,(H,27,29)/b19-13-. The van der Waals surface area contributed by atoms with E-state index in [-0.39, 0.29) is 12.2 Å². The largest absolute Gasteiger partial charge is 0.485 e. The summed E-state index contributed by atoms with van der Waals surface area (Å²) in [6, 6.07) is 22.4. The second-order valence-corrected chi connectivity index (χ2v) is 6.74. The highest BCUT2D eigenvalue weighted by molar-refractivity contribution is 6.12. The minimum atomic E-state index is -0.466. The van der Waals surface area contributed by atoms with Crippen molar-refractivity contribution in [1.82, 2.24) is 10.1 Å². The number of nitrogens with one attached hydrogen (secondary N) is 1. The number of anilines is 1. The van der Waals surface area contributed by atoms with Gasteiger partial charge in [-0.05, 0) is 35.2 Å². The van der Waals surface area contributed by atoms with E-state index < -0.39 is 5.91 Å². The van der Waals surface area contributed by atoms with Gasteiger partial charge in [0, 0.05) is 18.0 Å². The number of aryl methyl sites for hydroxylation is 1. The molecule has 7 heteroatoms. The summed E-state index contributed by atoms with van der Waals surface area (Å²) >= 11 is 0. The maximum Gasteiger partial charge on any atom is 0.266 e. The summed E-state index contributed by atoms with van der Waals surface area (Å²) in [5, 5.41) is 18.0. The normalized spacial score (nSPS) is 11.2. The van der Waals surface area contributed by atoms with Crippen molar-refractivity contribution in [1.29, 1.82) is 5.26 Å². The van der Waals surface area contributed by atoms with Gasteiger partial charge < -0.3 is 14.6 Å². The molecule has 1 aromatic heterocycles. The lowest BCUT2D eigenvalue weighted by atomic mass is 10.1. The number of ether oxygens (including phenoxy) is 1. The number of hydrogen-bond donors (Lipinski definition) is 1. The molecule has 0 fully saturated rings. The van der Waals surface area contributed by atoms with Crippen LogP contribution >= 0.6 is 0 Å². The van der Waals surface area contributed by atoms with Crippen LogP contribution in [0.2, 0.25) is 0 Å². The van der Waals surface area contributed by atoms with Crippen LogP contribution in [0.1, 0.15) is 17.3 Å². The van der Waals surface area contributed by atoms with Gasteiger partial charge in [-0.15, -0.1) is 0 Å². The monoisotopic (exact) mass is 410 g/mol. The van der Waals surface area contributed by atoms with Gasteiger partial charge in [-0.25, -0.2) is 0 Å². The molecule has 0 spiro atoms. The van der Waals surface area contributed by atoms with Gasteiger partial charge in [0.05, 0.1) is 0 Å². The summed E-state index contributed by atoms with van der Waals surface area (Å²) in [5.74, 6) is 1.08. The molecular weight excluding hydrogens is 392 g/mol. The van der Waals surface area contributed by atoms with E-state index in [1.165, 1.54) is 6.08 Å². The number of benzene rings is 3. The van der Waals surface area contributed by atoms with E-state index in [0.717, 1.165) is 10.8 Å². The van der Waals surface area contributed by atoms with E-state index in [4.69, 9.17) is 9.26 Å².